The molecule has 4 heterocycles. The number of benzene rings is 4. The van der Waals surface area contributed by atoms with Gasteiger partial charge in [-0.1, -0.05) is 83.3 Å². The van der Waals surface area contributed by atoms with Crippen molar-refractivity contribution in [2.24, 2.45) is 0 Å². The van der Waals surface area contributed by atoms with Gasteiger partial charge in [0, 0.05) is 93.0 Å². The van der Waals surface area contributed by atoms with Crippen LogP contribution < -0.4 is 41.0 Å². The number of ether oxygens (including phenoxy) is 2. The fourth-order valence-corrected chi connectivity index (χ4v) is 8.88. The lowest BCUT2D eigenvalue weighted by Crippen LogP contribution is -2.49. The normalized spacial score (nSPS) is 14.8. The molecule has 5 N–H and O–H groups in total. The molecule has 2 aliphatic rings. The summed E-state index contributed by atoms with van der Waals surface area (Å²) in [6.45, 7) is 19.0. The van der Waals surface area contributed by atoms with E-state index in [1.54, 1.807) is 20.3 Å². The third-order valence-corrected chi connectivity index (χ3v) is 12.0. The molecule has 0 atom stereocenters. The number of pyridine rings is 2. The predicted octanol–water partition coefficient (Wildman–Crippen LogP) is 12.2. The topological polar surface area (TPSA) is 108 Å². The molecule has 13 heteroatoms. The minimum Gasteiger partial charge on any atom is -0.496 e. The molecule has 10 nitrogen and oxygen atoms in total. The average Bonchev–Trinajstić information content (AvgIpc) is 3.28. The molecule has 2 aliphatic heterocycles. The van der Waals surface area contributed by atoms with E-state index >= 15 is 0 Å². The Bertz CT molecular complexity index is 2460. The minimum absolute atomic E-state index is 0.149. The Morgan fingerprint density at radius 1 is 0.600 bits per heavy atom. The summed E-state index contributed by atoms with van der Waals surface area (Å²) < 4.78 is 10.8. The van der Waals surface area contributed by atoms with Crippen LogP contribution in [-0.4, -0.2) is 73.5 Å². The van der Waals surface area contributed by atoms with E-state index in [2.05, 4.69) is 102 Å². The standard InChI is InChI=1S/C26H33ClN4O.C17H14Cl2N2O.C9H20N2/c1-26(2,3)30-20-11-13-31(14-12-20)23-16-25(29-22-8-6-5-7-21(22)23)28-17-18-9-10-19(27)15-24(18)32-4;1-22-16-8-12(18)7-6-11(16)10-20-17-9-14(19)13-4-2-3-5-15(13)21-17;1-9(2,3)11-8-4-6-10-7-5-8/h5-10,15-16,20,30H,11-14,17H2,1-4H3,(H,28,29);2-9H,10H2,1H3,(H,20,21);8,10-11H,4-7H2,1-3H3. The number of para-hydroxylation sites is 2. The number of hydrogen-bond donors (Lipinski definition) is 5. The van der Waals surface area contributed by atoms with Crippen LogP contribution in [0.5, 0.6) is 11.5 Å². The molecule has 0 unspecified atom stereocenters. The highest BCUT2D eigenvalue weighted by molar-refractivity contribution is 6.35. The lowest BCUT2D eigenvalue weighted by atomic mass is 9.99. The second-order valence-electron chi connectivity index (χ2n) is 18.7. The molecule has 0 amide bonds. The van der Waals surface area contributed by atoms with Crippen LogP contribution in [0.3, 0.4) is 0 Å². The van der Waals surface area contributed by atoms with E-state index in [0.29, 0.717) is 34.2 Å². The van der Waals surface area contributed by atoms with Crippen molar-refractivity contribution in [3.05, 3.63) is 123 Å². The van der Waals surface area contributed by atoms with Crippen LogP contribution in [0.25, 0.3) is 21.8 Å². The Labute approximate surface area is 401 Å². The molecular formula is C52H67Cl3N8O2. The molecule has 8 rings (SSSR count). The first-order chi connectivity index (χ1) is 31.1. The van der Waals surface area contributed by atoms with Crippen molar-refractivity contribution in [3.63, 3.8) is 0 Å². The third kappa shape index (κ3) is 15.2. The minimum atomic E-state index is 0.149. The van der Waals surface area contributed by atoms with E-state index in [1.165, 1.54) is 37.0 Å². The number of nitrogens with zero attached hydrogens (tertiary/aromatic N) is 3. The molecule has 348 valence electrons. The second kappa shape index (κ2) is 23.3. The zero-order chi connectivity index (χ0) is 46.6. The summed E-state index contributed by atoms with van der Waals surface area (Å²) in [6.07, 6.45) is 4.83. The van der Waals surface area contributed by atoms with Crippen molar-refractivity contribution in [1.29, 1.82) is 0 Å². The number of nitrogens with one attached hydrogen (secondary N) is 5. The molecule has 0 saturated carbocycles. The lowest BCUT2D eigenvalue weighted by molar-refractivity contribution is 0.304. The Morgan fingerprint density at radius 3 is 1.57 bits per heavy atom. The first kappa shape index (κ1) is 49.9. The molecule has 0 aliphatic carbocycles. The van der Waals surface area contributed by atoms with Gasteiger partial charge in [-0.15, -0.1) is 0 Å². The van der Waals surface area contributed by atoms with Crippen molar-refractivity contribution >= 4 is 73.9 Å². The van der Waals surface area contributed by atoms with Gasteiger partial charge in [0.05, 0.1) is 30.3 Å². The monoisotopic (exact) mass is 940 g/mol. The highest BCUT2D eigenvalue weighted by Gasteiger charge is 2.25. The van der Waals surface area contributed by atoms with Gasteiger partial charge in [0.25, 0.3) is 0 Å². The first-order valence-corrected chi connectivity index (χ1v) is 23.8. The molecule has 0 radical (unpaired) electrons. The predicted molar refractivity (Wildman–Crippen MR) is 276 cm³/mol. The second-order valence-corrected chi connectivity index (χ2v) is 20.0. The number of rotatable bonds is 11. The van der Waals surface area contributed by atoms with E-state index in [0.717, 1.165) is 82.7 Å². The average molecular weight is 943 g/mol. The summed E-state index contributed by atoms with van der Waals surface area (Å²) in [5, 5.41) is 21.6. The molecule has 65 heavy (non-hydrogen) atoms. The van der Waals surface area contributed by atoms with E-state index in [9.17, 15) is 0 Å². The van der Waals surface area contributed by atoms with Crippen molar-refractivity contribution in [2.45, 2.75) is 103 Å². The number of fused-ring (bicyclic) bond motifs is 2. The maximum absolute atomic E-state index is 6.30. The van der Waals surface area contributed by atoms with Gasteiger partial charge in [-0.05, 0) is 123 Å². The zero-order valence-corrected chi connectivity index (χ0v) is 41.5. The highest BCUT2D eigenvalue weighted by Crippen LogP contribution is 2.33. The lowest BCUT2D eigenvalue weighted by Gasteiger charge is -2.37. The first-order valence-electron chi connectivity index (χ1n) is 22.7. The molecular weight excluding hydrogens is 875 g/mol. The fourth-order valence-electron chi connectivity index (χ4n) is 8.29. The van der Waals surface area contributed by atoms with Gasteiger partial charge in [0.15, 0.2) is 0 Å². The molecule has 2 saturated heterocycles. The zero-order valence-electron chi connectivity index (χ0n) is 39.3. The van der Waals surface area contributed by atoms with Gasteiger partial charge >= 0.3 is 0 Å². The van der Waals surface area contributed by atoms with Crippen molar-refractivity contribution in [2.75, 3.05) is 55.9 Å². The van der Waals surface area contributed by atoms with Crippen LogP contribution in [0, 0.1) is 0 Å². The van der Waals surface area contributed by atoms with Crippen LogP contribution in [0.2, 0.25) is 15.1 Å². The van der Waals surface area contributed by atoms with E-state index in [-0.39, 0.29) is 11.1 Å². The number of hydrogen-bond acceptors (Lipinski definition) is 10. The summed E-state index contributed by atoms with van der Waals surface area (Å²) in [7, 11) is 3.29. The molecule has 2 aromatic heterocycles. The van der Waals surface area contributed by atoms with E-state index < -0.39 is 0 Å². The number of piperidine rings is 2. The molecule has 6 aromatic rings. The summed E-state index contributed by atoms with van der Waals surface area (Å²) in [4.78, 5) is 11.9. The summed E-state index contributed by atoms with van der Waals surface area (Å²) in [6, 6.07) is 32.7. The van der Waals surface area contributed by atoms with Gasteiger partial charge in [-0.2, -0.15) is 0 Å². The van der Waals surface area contributed by atoms with Crippen LogP contribution >= 0.6 is 34.8 Å². The Balaban J connectivity index is 0.000000182. The molecule has 4 aromatic carbocycles. The summed E-state index contributed by atoms with van der Waals surface area (Å²) in [5.41, 5.74) is 5.58. The van der Waals surface area contributed by atoms with Crippen molar-refractivity contribution < 1.29 is 9.47 Å². The Hall–Kier alpha value is -4.55. The van der Waals surface area contributed by atoms with Gasteiger partial charge in [0.1, 0.15) is 23.1 Å². The molecule has 0 spiro atoms. The fraction of sp³-hybridized carbons (Fsp3) is 0.423. The number of methoxy groups -OCH3 is 2. The van der Waals surface area contributed by atoms with Crippen LogP contribution in [-0.2, 0) is 13.1 Å². The van der Waals surface area contributed by atoms with Crippen molar-refractivity contribution in [1.82, 2.24) is 25.9 Å². The quantitative estimate of drug-likeness (QED) is 0.0862. The third-order valence-electron chi connectivity index (χ3n) is 11.2. The highest BCUT2D eigenvalue weighted by atomic mass is 35.5. The number of halogens is 3. The number of aromatic nitrogens is 2. The van der Waals surface area contributed by atoms with Crippen LogP contribution in [0.4, 0.5) is 17.3 Å². The molecule has 0 bridgehead atoms. The van der Waals surface area contributed by atoms with Crippen molar-refractivity contribution in [3.8, 4) is 11.5 Å². The van der Waals surface area contributed by atoms with E-state index in [1.807, 2.05) is 66.7 Å². The van der Waals surface area contributed by atoms with Gasteiger partial charge in [-0.3, -0.25) is 0 Å². The van der Waals surface area contributed by atoms with Gasteiger partial charge in [0.2, 0.25) is 0 Å². The van der Waals surface area contributed by atoms with Crippen LogP contribution in [0.15, 0.2) is 97.1 Å². The molecule has 2 fully saturated rings. The van der Waals surface area contributed by atoms with Gasteiger partial charge in [-0.25, -0.2) is 9.97 Å². The van der Waals surface area contributed by atoms with Crippen LogP contribution in [0.1, 0.15) is 78.4 Å². The smallest absolute Gasteiger partial charge is 0.129 e. The maximum atomic E-state index is 6.30. The Morgan fingerprint density at radius 2 is 1.06 bits per heavy atom. The van der Waals surface area contributed by atoms with Gasteiger partial charge < -0.3 is 41.0 Å². The summed E-state index contributed by atoms with van der Waals surface area (Å²) in [5.74, 6) is 3.11. The number of anilines is 3. The SMILES string of the molecule is CC(C)(C)NC1CCNCC1.COc1cc(Cl)ccc1CNc1cc(Cl)c2ccccc2n1.COc1cc(Cl)ccc1CNc1cc(N2CCC(NC(C)(C)C)CC2)c2ccccc2n1. The largest absolute Gasteiger partial charge is 0.496 e. The summed E-state index contributed by atoms with van der Waals surface area (Å²) >= 11 is 18.4. The Kier molecular flexibility index (Phi) is 17.8. The maximum Gasteiger partial charge on any atom is 0.129 e. The van der Waals surface area contributed by atoms with E-state index in [4.69, 9.17) is 49.3 Å².